The molecule has 0 fully saturated rings. The van der Waals surface area contributed by atoms with Gasteiger partial charge in [0.15, 0.2) is 0 Å². The van der Waals surface area contributed by atoms with E-state index in [9.17, 15) is 9.59 Å². The Morgan fingerprint density at radius 3 is 2.38 bits per heavy atom. The van der Waals surface area contributed by atoms with E-state index in [-0.39, 0.29) is 24.3 Å². The van der Waals surface area contributed by atoms with Crippen LogP contribution in [0.25, 0.3) is 16.9 Å². The quantitative estimate of drug-likeness (QED) is 0.532. The number of halogens is 1. The number of rotatable bonds is 7. The molecule has 32 heavy (non-hydrogen) atoms. The van der Waals surface area contributed by atoms with Crippen molar-refractivity contribution < 1.29 is 9.59 Å². The van der Waals surface area contributed by atoms with Crippen molar-refractivity contribution in [2.45, 2.75) is 34.6 Å². The van der Waals surface area contributed by atoms with Crippen LogP contribution < -0.4 is 5.32 Å². The summed E-state index contributed by atoms with van der Waals surface area (Å²) in [6, 6.07) is 13.5. The Balaban J connectivity index is 1.95. The highest BCUT2D eigenvalue weighted by atomic mass is 35.5. The maximum Gasteiger partial charge on any atom is 0.246 e. The van der Waals surface area contributed by atoms with Gasteiger partial charge in [-0.2, -0.15) is 0 Å². The Kier molecular flexibility index (Phi) is 7.36. The summed E-state index contributed by atoms with van der Waals surface area (Å²) in [4.78, 5) is 31.4. The maximum absolute atomic E-state index is 12.8. The van der Waals surface area contributed by atoms with Crippen molar-refractivity contribution in [2.75, 3.05) is 18.4 Å². The first-order chi connectivity index (χ1) is 15.2. The summed E-state index contributed by atoms with van der Waals surface area (Å²) < 4.78 is 1.86. The van der Waals surface area contributed by atoms with E-state index in [0.29, 0.717) is 23.2 Å². The molecule has 0 radical (unpaired) electrons. The first-order valence-electron chi connectivity index (χ1n) is 10.7. The standard InChI is InChI=1S/C25H29ClN4O2/c1-6-29(24(32)16(2)3)15-23(31)28-25-27-22(19-8-10-20(26)11-9-19)14-30(25)21-12-7-17(4)18(5)13-21/h7-14,16H,6,15H2,1-5H3,(H,27,28,31). The molecule has 2 amide bonds. The molecule has 6 nitrogen and oxygen atoms in total. The molecule has 0 saturated heterocycles. The third-order valence-corrected chi connectivity index (χ3v) is 5.64. The summed E-state index contributed by atoms with van der Waals surface area (Å²) in [5.74, 6) is -0.116. The minimum atomic E-state index is -0.292. The Labute approximate surface area is 194 Å². The normalized spacial score (nSPS) is 11.0. The fourth-order valence-electron chi connectivity index (χ4n) is 3.35. The molecule has 0 saturated carbocycles. The van der Waals surface area contributed by atoms with Gasteiger partial charge in [0.2, 0.25) is 17.8 Å². The van der Waals surface area contributed by atoms with Gasteiger partial charge in [-0.25, -0.2) is 4.98 Å². The molecule has 7 heteroatoms. The lowest BCUT2D eigenvalue weighted by Gasteiger charge is -2.22. The third kappa shape index (κ3) is 5.37. The van der Waals surface area contributed by atoms with Gasteiger partial charge in [-0.3, -0.25) is 19.5 Å². The zero-order valence-electron chi connectivity index (χ0n) is 19.1. The largest absolute Gasteiger partial charge is 0.333 e. The number of benzene rings is 2. The van der Waals surface area contributed by atoms with Gasteiger partial charge in [0, 0.05) is 34.9 Å². The van der Waals surface area contributed by atoms with Crippen LogP contribution in [-0.2, 0) is 9.59 Å². The lowest BCUT2D eigenvalue weighted by molar-refractivity contribution is -0.137. The molecule has 1 N–H and O–H groups in total. The predicted molar refractivity (Wildman–Crippen MR) is 129 cm³/mol. The van der Waals surface area contributed by atoms with Crippen LogP contribution in [0.3, 0.4) is 0 Å². The molecular weight excluding hydrogens is 424 g/mol. The second kappa shape index (κ2) is 10.0. The second-order valence-corrected chi connectivity index (χ2v) is 8.59. The molecule has 3 aromatic rings. The van der Waals surface area contributed by atoms with Crippen molar-refractivity contribution in [3.05, 3.63) is 64.8 Å². The summed E-state index contributed by atoms with van der Waals surface area (Å²) in [5, 5.41) is 3.54. The van der Waals surface area contributed by atoms with Crippen LogP contribution in [-0.4, -0.2) is 39.4 Å². The number of likely N-dealkylation sites (N-methyl/N-ethyl adjacent to an activating group) is 1. The molecule has 3 rings (SSSR count). The number of amides is 2. The summed E-state index contributed by atoms with van der Waals surface area (Å²) in [6.45, 7) is 10.1. The summed E-state index contributed by atoms with van der Waals surface area (Å²) in [6.07, 6.45) is 1.89. The fourth-order valence-corrected chi connectivity index (χ4v) is 3.47. The number of imidazole rings is 1. The lowest BCUT2D eigenvalue weighted by atomic mass is 10.1. The highest BCUT2D eigenvalue weighted by Crippen LogP contribution is 2.26. The van der Waals surface area contributed by atoms with Crippen LogP contribution >= 0.6 is 11.6 Å². The minimum absolute atomic E-state index is 0.0242. The maximum atomic E-state index is 12.8. The van der Waals surface area contributed by atoms with Crippen molar-refractivity contribution >= 4 is 29.4 Å². The van der Waals surface area contributed by atoms with Gasteiger partial charge >= 0.3 is 0 Å². The highest BCUT2D eigenvalue weighted by molar-refractivity contribution is 6.30. The average molecular weight is 453 g/mol. The van der Waals surface area contributed by atoms with Gasteiger partial charge in [-0.05, 0) is 56.2 Å². The van der Waals surface area contributed by atoms with Crippen LogP contribution in [0.5, 0.6) is 0 Å². The first-order valence-corrected chi connectivity index (χ1v) is 11.1. The number of hydrogen-bond donors (Lipinski definition) is 1. The Morgan fingerprint density at radius 1 is 1.09 bits per heavy atom. The highest BCUT2D eigenvalue weighted by Gasteiger charge is 2.20. The van der Waals surface area contributed by atoms with E-state index in [1.54, 1.807) is 17.0 Å². The van der Waals surface area contributed by atoms with Crippen molar-refractivity contribution in [3.63, 3.8) is 0 Å². The van der Waals surface area contributed by atoms with Crippen molar-refractivity contribution in [1.29, 1.82) is 0 Å². The number of hydrogen-bond acceptors (Lipinski definition) is 3. The lowest BCUT2D eigenvalue weighted by Crippen LogP contribution is -2.40. The summed E-state index contributed by atoms with van der Waals surface area (Å²) in [7, 11) is 0. The topological polar surface area (TPSA) is 67.2 Å². The van der Waals surface area contributed by atoms with E-state index < -0.39 is 0 Å². The zero-order valence-corrected chi connectivity index (χ0v) is 19.9. The molecule has 168 valence electrons. The van der Waals surface area contributed by atoms with Gasteiger partial charge in [0.1, 0.15) is 0 Å². The van der Waals surface area contributed by atoms with Gasteiger partial charge in [0.25, 0.3) is 0 Å². The van der Waals surface area contributed by atoms with E-state index >= 15 is 0 Å². The molecule has 0 aliphatic heterocycles. The van der Waals surface area contributed by atoms with E-state index in [4.69, 9.17) is 11.6 Å². The predicted octanol–water partition coefficient (Wildman–Crippen LogP) is 5.25. The zero-order chi connectivity index (χ0) is 23.4. The van der Waals surface area contributed by atoms with Crippen molar-refractivity contribution in [2.24, 2.45) is 5.92 Å². The summed E-state index contributed by atoms with van der Waals surface area (Å²) >= 11 is 6.03. The van der Waals surface area contributed by atoms with E-state index in [1.165, 1.54) is 5.56 Å². The third-order valence-electron chi connectivity index (χ3n) is 5.39. The number of carbonyl (C=O) groups excluding carboxylic acids is 2. The average Bonchev–Trinajstić information content (AvgIpc) is 3.17. The van der Waals surface area contributed by atoms with Crippen molar-refractivity contribution in [1.82, 2.24) is 14.5 Å². The summed E-state index contributed by atoms with van der Waals surface area (Å²) in [5.41, 5.74) is 4.81. The van der Waals surface area contributed by atoms with Crippen LogP contribution in [0.4, 0.5) is 5.95 Å². The molecule has 0 bridgehead atoms. The van der Waals surface area contributed by atoms with E-state index in [1.807, 2.05) is 62.7 Å². The molecule has 0 unspecified atom stereocenters. The molecular formula is C25H29ClN4O2. The van der Waals surface area contributed by atoms with Crippen LogP contribution in [0.15, 0.2) is 48.7 Å². The smallest absolute Gasteiger partial charge is 0.246 e. The van der Waals surface area contributed by atoms with E-state index in [0.717, 1.165) is 16.8 Å². The van der Waals surface area contributed by atoms with Gasteiger partial charge in [-0.15, -0.1) is 0 Å². The SMILES string of the molecule is CCN(CC(=O)Nc1nc(-c2ccc(Cl)cc2)cn1-c1ccc(C)c(C)c1)C(=O)C(C)C. The number of nitrogens with zero attached hydrogens (tertiary/aromatic N) is 3. The molecule has 0 atom stereocenters. The second-order valence-electron chi connectivity index (χ2n) is 8.15. The molecule has 0 spiro atoms. The Bertz CT molecular complexity index is 1120. The molecule has 1 heterocycles. The van der Waals surface area contributed by atoms with Crippen LogP contribution in [0.1, 0.15) is 31.9 Å². The van der Waals surface area contributed by atoms with Crippen molar-refractivity contribution in [3.8, 4) is 16.9 Å². The molecule has 0 aliphatic carbocycles. The molecule has 1 aromatic heterocycles. The number of aromatic nitrogens is 2. The van der Waals surface area contributed by atoms with Gasteiger partial charge in [0.05, 0.1) is 12.2 Å². The van der Waals surface area contributed by atoms with E-state index in [2.05, 4.69) is 23.3 Å². The number of aryl methyl sites for hydroxylation is 2. The Morgan fingerprint density at radius 2 is 1.78 bits per heavy atom. The fraction of sp³-hybridized carbons (Fsp3) is 0.320. The first kappa shape index (κ1) is 23.5. The monoisotopic (exact) mass is 452 g/mol. The van der Waals surface area contributed by atoms with Crippen LogP contribution in [0, 0.1) is 19.8 Å². The Hall–Kier alpha value is -3.12. The minimum Gasteiger partial charge on any atom is -0.333 e. The van der Waals surface area contributed by atoms with Gasteiger partial charge in [-0.1, -0.05) is 43.6 Å². The molecule has 2 aromatic carbocycles. The molecule has 0 aliphatic rings. The van der Waals surface area contributed by atoms with Gasteiger partial charge < -0.3 is 4.90 Å². The number of anilines is 1. The number of nitrogens with one attached hydrogen (secondary N) is 1. The van der Waals surface area contributed by atoms with Crippen LogP contribution in [0.2, 0.25) is 5.02 Å². The number of carbonyl (C=O) groups is 2.